The zero-order chi connectivity index (χ0) is 13.6. The standard InChI is InChI=1S/C14H27NO2S/c1-14(2)7-4-11(5-8-14)13(17)15-12(6-9-16)10-18-3/h11-12,16H,4-10H2,1-3H3,(H,15,17). The van der Waals surface area contributed by atoms with Crippen molar-refractivity contribution in [2.24, 2.45) is 11.3 Å². The summed E-state index contributed by atoms with van der Waals surface area (Å²) in [5.41, 5.74) is 0.403. The number of hydrogen-bond donors (Lipinski definition) is 2. The average molecular weight is 273 g/mol. The van der Waals surface area contributed by atoms with E-state index in [1.807, 2.05) is 6.26 Å². The maximum Gasteiger partial charge on any atom is 0.223 e. The molecule has 0 radical (unpaired) electrons. The third-order valence-electron chi connectivity index (χ3n) is 3.90. The molecule has 4 heteroatoms. The Hall–Kier alpha value is -0.220. The summed E-state index contributed by atoms with van der Waals surface area (Å²) in [4.78, 5) is 12.2. The van der Waals surface area contributed by atoms with Crippen LogP contribution in [-0.2, 0) is 4.79 Å². The Kier molecular flexibility index (Phi) is 6.50. The number of carbonyl (C=O) groups is 1. The first-order valence-electron chi connectivity index (χ1n) is 6.88. The lowest BCUT2D eigenvalue weighted by atomic mass is 9.73. The molecule has 0 bridgehead atoms. The monoisotopic (exact) mass is 273 g/mol. The van der Waals surface area contributed by atoms with Crippen molar-refractivity contribution in [3.05, 3.63) is 0 Å². The molecule has 1 atom stereocenters. The second kappa shape index (κ2) is 7.39. The largest absolute Gasteiger partial charge is 0.396 e. The van der Waals surface area contributed by atoms with Crippen molar-refractivity contribution >= 4 is 17.7 Å². The maximum atomic E-state index is 12.2. The molecule has 18 heavy (non-hydrogen) atoms. The Morgan fingerprint density at radius 2 is 2.06 bits per heavy atom. The second-order valence-corrected chi connectivity index (χ2v) is 7.02. The lowest BCUT2D eigenvalue weighted by Crippen LogP contribution is -2.42. The molecule has 1 aliphatic carbocycles. The molecule has 0 heterocycles. The van der Waals surface area contributed by atoms with Gasteiger partial charge in [-0.25, -0.2) is 0 Å². The molecule has 0 aromatic carbocycles. The highest BCUT2D eigenvalue weighted by molar-refractivity contribution is 7.98. The van der Waals surface area contributed by atoms with Crippen LogP contribution in [-0.4, -0.2) is 35.7 Å². The van der Waals surface area contributed by atoms with E-state index in [1.165, 1.54) is 0 Å². The number of thioether (sulfide) groups is 1. The quantitative estimate of drug-likeness (QED) is 0.781. The van der Waals surface area contributed by atoms with Gasteiger partial charge in [0.25, 0.3) is 0 Å². The van der Waals surface area contributed by atoms with Crippen LogP contribution in [0, 0.1) is 11.3 Å². The van der Waals surface area contributed by atoms with E-state index >= 15 is 0 Å². The fraction of sp³-hybridized carbons (Fsp3) is 0.929. The van der Waals surface area contributed by atoms with E-state index in [-0.39, 0.29) is 24.5 Å². The van der Waals surface area contributed by atoms with Gasteiger partial charge in [-0.2, -0.15) is 11.8 Å². The van der Waals surface area contributed by atoms with Gasteiger partial charge >= 0.3 is 0 Å². The SMILES string of the molecule is CSCC(CCO)NC(=O)C1CCC(C)(C)CC1. The summed E-state index contributed by atoms with van der Waals surface area (Å²) >= 11 is 1.71. The topological polar surface area (TPSA) is 49.3 Å². The molecule has 2 N–H and O–H groups in total. The zero-order valence-corrected chi connectivity index (χ0v) is 12.7. The number of carbonyl (C=O) groups excluding carboxylic acids is 1. The molecule has 1 rings (SSSR count). The summed E-state index contributed by atoms with van der Waals surface area (Å²) in [7, 11) is 0. The number of aliphatic hydroxyl groups is 1. The molecule has 1 fully saturated rings. The number of nitrogens with one attached hydrogen (secondary N) is 1. The fourth-order valence-electron chi connectivity index (χ4n) is 2.53. The number of hydrogen-bond acceptors (Lipinski definition) is 3. The molecule has 0 aliphatic heterocycles. The summed E-state index contributed by atoms with van der Waals surface area (Å²) < 4.78 is 0. The van der Waals surface area contributed by atoms with Gasteiger partial charge in [-0.15, -0.1) is 0 Å². The minimum Gasteiger partial charge on any atom is -0.396 e. The van der Waals surface area contributed by atoms with Gasteiger partial charge in [-0.3, -0.25) is 4.79 Å². The summed E-state index contributed by atoms with van der Waals surface area (Å²) in [6.45, 7) is 4.70. The lowest BCUT2D eigenvalue weighted by molar-refractivity contribution is -0.127. The third kappa shape index (κ3) is 5.19. The van der Waals surface area contributed by atoms with Crippen molar-refractivity contribution in [3.63, 3.8) is 0 Å². The van der Waals surface area contributed by atoms with Gasteiger partial charge in [0.1, 0.15) is 0 Å². The smallest absolute Gasteiger partial charge is 0.223 e. The Balaban J connectivity index is 2.39. The predicted octanol–water partition coefficient (Wildman–Crippen LogP) is 2.43. The van der Waals surface area contributed by atoms with Crippen LogP contribution < -0.4 is 5.32 Å². The van der Waals surface area contributed by atoms with E-state index in [1.54, 1.807) is 11.8 Å². The van der Waals surface area contributed by atoms with Crippen molar-refractivity contribution in [2.45, 2.75) is 52.0 Å². The number of amides is 1. The van der Waals surface area contributed by atoms with Crippen LogP contribution in [0.15, 0.2) is 0 Å². The number of aliphatic hydroxyl groups excluding tert-OH is 1. The second-order valence-electron chi connectivity index (χ2n) is 6.11. The van der Waals surface area contributed by atoms with Gasteiger partial charge in [0, 0.05) is 24.3 Å². The molecule has 0 aromatic heterocycles. The van der Waals surface area contributed by atoms with Gasteiger partial charge in [-0.05, 0) is 43.8 Å². The van der Waals surface area contributed by atoms with E-state index in [2.05, 4.69) is 19.2 Å². The van der Waals surface area contributed by atoms with Crippen LogP contribution in [0.5, 0.6) is 0 Å². The Morgan fingerprint density at radius 1 is 1.44 bits per heavy atom. The summed E-state index contributed by atoms with van der Waals surface area (Å²) in [5.74, 6) is 1.25. The predicted molar refractivity (Wildman–Crippen MR) is 77.8 cm³/mol. The summed E-state index contributed by atoms with van der Waals surface area (Å²) in [5, 5.41) is 12.1. The van der Waals surface area contributed by atoms with Crippen molar-refractivity contribution in [2.75, 3.05) is 18.6 Å². The Morgan fingerprint density at radius 3 is 2.56 bits per heavy atom. The molecule has 1 aliphatic rings. The molecule has 0 spiro atoms. The van der Waals surface area contributed by atoms with Crippen LogP contribution in [0.25, 0.3) is 0 Å². The van der Waals surface area contributed by atoms with E-state index in [0.717, 1.165) is 31.4 Å². The van der Waals surface area contributed by atoms with Gasteiger partial charge in [0.2, 0.25) is 5.91 Å². The highest BCUT2D eigenvalue weighted by Crippen LogP contribution is 2.38. The molecule has 1 amide bonds. The van der Waals surface area contributed by atoms with Gasteiger partial charge < -0.3 is 10.4 Å². The number of rotatable bonds is 6. The van der Waals surface area contributed by atoms with E-state index < -0.39 is 0 Å². The van der Waals surface area contributed by atoms with Crippen molar-refractivity contribution in [1.29, 1.82) is 0 Å². The molecule has 1 saturated carbocycles. The Bertz CT molecular complexity index is 253. The van der Waals surface area contributed by atoms with E-state index in [9.17, 15) is 4.79 Å². The van der Waals surface area contributed by atoms with Crippen molar-refractivity contribution in [1.82, 2.24) is 5.32 Å². The zero-order valence-electron chi connectivity index (χ0n) is 11.9. The molecule has 3 nitrogen and oxygen atoms in total. The van der Waals surface area contributed by atoms with Crippen LogP contribution in [0.1, 0.15) is 46.0 Å². The molecular weight excluding hydrogens is 246 g/mol. The van der Waals surface area contributed by atoms with Crippen molar-refractivity contribution < 1.29 is 9.90 Å². The first-order valence-corrected chi connectivity index (χ1v) is 8.28. The molecule has 0 aromatic rings. The third-order valence-corrected chi connectivity index (χ3v) is 4.64. The Labute approximate surface area is 115 Å². The summed E-state index contributed by atoms with van der Waals surface area (Å²) in [6, 6.07) is 0.118. The normalized spacial score (nSPS) is 21.6. The first kappa shape index (κ1) is 15.8. The van der Waals surface area contributed by atoms with Gasteiger partial charge in [0.15, 0.2) is 0 Å². The van der Waals surface area contributed by atoms with Gasteiger partial charge in [-0.1, -0.05) is 13.8 Å². The molecule has 0 saturated heterocycles. The molecule has 1 unspecified atom stereocenters. The van der Waals surface area contributed by atoms with E-state index in [0.29, 0.717) is 11.8 Å². The maximum absolute atomic E-state index is 12.2. The van der Waals surface area contributed by atoms with E-state index in [4.69, 9.17) is 5.11 Å². The molecule has 106 valence electrons. The first-order chi connectivity index (χ1) is 8.48. The van der Waals surface area contributed by atoms with Crippen LogP contribution in [0.4, 0.5) is 0 Å². The lowest BCUT2D eigenvalue weighted by Gasteiger charge is -2.34. The van der Waals surface area contributed by atoms with Gasteiger partial charge in [0.05, 0.1) is 0 Å². The highest BCUT2D eigenvalue weighted by atomic mass is 32.2. The fourth-order valence-corrected chi connectivity index (χ4v) is 3.19. The molecular formula is C14H27NO2S. The van der Waals surface area contributed by atoms with Crippen LogP contribution in [0.3, 0.4) is 0 Å². The van der Waals surface area contributed by atoms with Crippen molar-refractivity contribution in [3.8, 4) is 0 Å². The van der Waals surface area contributed by atoms with Crippen LogP contribution in [0.2, 0.25) is 0 Å². The average Bonchev–Trinajstić information content (AvgIpc) is 2.29. The minimum absolute atomic E-state index is 0.118. The highest BCUT2D eigenvalue weighted by Gasteiger charge is 2.31. The van der Waals surface area contributed by atoms with Crippen LogP contribution >= 0.6 is 11.8 Å². The summed E-state index contributed by atoms with van der Waals surface area (Å²) in [6.07, 6.45) is 6.97. The minimum atomic E-state index is 0.118.